The second-order valence-corrected chi connectivity index (χ2v) is 4.48. The Kier molecular flexibility index (Phi) is 4.64. The molecule has 0 radical (unpaired) electrons. The summed E-state index contributed by atoms with van der Waals surface area (Å²) in [5.74, 6) is 0. The highest BCUT2D eigenvalue weighted by molar-refractivity contribution is 6.30. The molecule has 1 aromatic carbocycles. The fourth-order valence-electron chi connectivity index (χ4n) is 1.84. The molecular formula is C13H17ClO2. The Morgan fingerprint density at radius 1 is 1.38 bits per heavy atom. The van der Waals surface area contributed by atoms with Gasteiger partial charge in [0.25, 0.3) is 0 Å². The monoisotopic (exact) mass is 240 g/mol. The fraction of sp³-hybridized carbons (Fsp3) is 0.538. The second kappa shape index (κ2) is 6.24. The minimum atomic E-state index is 0.00735. The third kappa shape index (κ3) is 3.78. The molecule has 1 saturated heterocycles. The van der Waals surface area contributed by atoms with Crippen LogP contribution < -0.4 is 0 Å². The Labute approximate surface area is 102 Å². The van der Waals surface area contributed by atoms with Gasteiger partial charge < -0.3 is 9.47 Å². The lowest BCUT2D eigenvalue weighted by molar-refractivity contribution is -0.161. The molecule has 3 heteroatoms. The first-order chi connectivity index (χ1) is 7.84. The molecule has 1 fully saturated rings. The van der Waals surface area contributed by atoms with Crippen molar-refractivity contribution in [1.29, 1.82) is 0 Å². The smallest absolute Gasteiger partial charge is 0.157 e. The number of halogens is 1. The van der Waals surface area contributed by atoms with Crippen LogP contribution in [0.25, 0.3) is 0 Å². The van der Waals surface area contributed by atoms with Gasteiger partial charge in [0, 0.05) is 11.6 Å². The summed E-state index contributed by atoms with van der Waals surface area (Å²) in [5, 5.41) is 0.784. The van der Waals surface area contributed by atoms with Crippen LogP contribution in [0.1, 0.15) is 24.8 Å². The van der Waals surface area contributed by atoms with E-state index in [-0.39, 0.29) is 6.29 Å². The number of rotatable bonds is 4. The maximum absolute atomic E-state index is 5.91. The van der Waals surface area contributed by atoms with Crippen molar-refractivity contribution in [3.63, 3.8) is 0 Å². The largest absolute Gasteiger partial charge is 0.353 e. The maximum Gasteiger partial charge on any atom is 0.157 e. The summed E-state index contributed by atoms with van der Waals surface area (Å²) in [7, 11) is 0. The average molecular weight is 241 g/mol. The fourth-order valence-corrected chi connectivity index (χ4v) is 2.06. The number of hydrogen-bond acceptors (Lipinski definition) is 2. The third-order valence-corrected chi connectivity index (χ3v) is 2.96. The second-order valence-electron chi connectivity index (χ2n) is 4.05. The van der Waals surface area contributed by atoms with Crippen molar-refractivity contribution >= 4 is 11.6 Å². The van der Waals surface area contributed by atoms with E-state index in [1.54, 1.807) is 0 Å². The van der Waals surface area contributed by atoms with Gasteiger partial charge in [-0.3, -0.25) is 0 Å². The van der Waals surface area contributed by atoms with Gasteiger partial charge >= 0.3 is 0 Å². The summed E-state index contributed by atoms with van der Waals surface area (Å²) in [4.78, 5) is 0. The normalized spacial score (nSPS) is 20.9. The molecule has 0 saturated carbocycles. The van der Waals surface area contributed by atoms with E-state index in [2.05, 4.69) is 6.07 Å². The molecule has 2 rings (SSSR count). The van der Waals surface area contributed by atoms with E-state index in [0.717, 1.165) is 30.9 Å². The van der Waals surface area contributed by atoms with Gasteiger partial charge in [0.2, 0.25) is 0 Å². The number of hydrogen-bond donors (Lipinski definition) is 0. The van der Waals surface area contributed by atoms with Gasteiger partial charge in [0.15, 0.2) is 6.29 Å². The van der Waals surface area contributed by atoms with Gasteiger partial charge in [-0.15, -0.1) is 0 Å². The third-order valence-electron chi connectivity index (χ3n) is 2.72. The zero-order valence-corrected chi connectivity index (χ0v) is 10.1. The van der Waals surface area contributed by atoms with Crippen LogP contribution in [0, 0.1) is 0 Å². The Hall–Kier alpha value is -0.570. The quantitative estimate of drug-likeness (QED) is 0.803. The van der Waals surface area contributed by atoms with Crippen LogP contribution >= 0.6 is 11.6 Å². The van der Waals surface area contributed by atoms with Crippen LogP contribution in [0.15, 0.2) is 24.3 Å². The van der Waals surface area contributed by atoms with E-state index in [4.69, 9.17) is 21.1 Å². The van der Waals surface area contributed by atoms with Crippen LogP contribution in [0.5, 0.6) is 0 Å². The Bertz CT molecular complexity index is 321. The summed E-state index contributed by atoms with van der Waals surface area (Å²) in [5.41, 5.74) is 1.21. The van der Waals surface area contributed by atoms with Crippen molar-refractivity contribution in [3.05, 3.63) is 34.9 Å². The molecule has 1 aliphatic heterocycles. The molecule has 0 aliphatic carbocycles. The van der Waals surface area contributed by atoms with E-state index >= 15 is 0 Å². The molecule has 1 aromatic rings. The predicted molar refractivity (Wildman–Crippen MR) is 64.7 cm³/mol. The van der Waals surface area contributed by atoms with E-state index in [1.165, 1.54) is 12.0 Å². The SMILES string of the molecule is Clc1cccc(CCOC2CCCCO2)c1. The lowest BCUT2D eigenvalue weighted by atomic mass is 10.1. The molecule has 0 N–H and O–H groups in total. The zero-order chi connectivity index (χ0) is 11.2. The molecule has 0 aromatic heterocycles. The predicted octanol–water partition coefficient (Wildman–Crippen LogP) is 3.43. The van der Waals surface area contributed by atoms with Gasteiger partial charge in [0.1, 0.15) is 0 Å². The number of ether oxygens (including phenoxy) is 2. The maximum atomic E-state index is 5.91. The summed E-state index contributed by atoms with van der Waals surface area (Å²) in [6.07, 6.45) is 4.29. The highest BCUT2D eigenvalue weighted by Gasteiger charge is 2.13. The van der Waals surface area contributed by atoms with Crippen molar-refractivity contribution in [2.45, 2.75) is 32.0 Å². The van der Waals surface area contributed by atoms with Crippen LogP contribution in [0.4, 0.5) is 0 Å². The standard InChI is InChI=1S/C13H17ClO2/c14-12-5-3-4-11(10-12)7-9-16-13-6-1-2-8-15-13/h3-5,10,13H,1-2,6-9H2. The summed E-state index contributed by atoms with van der Waals surface area (Å²) in [6.45, 7) is 1.53. The molecule has 0 amide bonds. The van der Waals surface area contributed by atoms with E-state index in [9.17, 15) is 0 Å². The summed E-state index contributed by atoms with van der Waals surface area (Å²) < 4.78 is 11.2. The average Bonchev–Trinajstić information content (AvgIpc) is 2.30. The molecule has 16 heavy (non-hydrogen) atoms. The first kappa shape index (κ1) is 11.9. The first-order valence-corrected chi connectivity index (χ1v) is 6.20. The highest BCUT2D eigenvalue weighted by atomic mass is 35.5. The molecule has 1 unspecified atom stereocenters. The Morgan fingerprint density at radius 3 is 3.06 bits per heavy atom. The van der Waals surface area contributed by atoms with Gasteiger partial charge in [-0.1, -0.05) is 23.7 Å². The molecular weight excluding hydrogens is 224 g/mol. The Morgan fingerprint density at radius 2 is 2.31 bits per heavy atom. The zero-order valence-electron chi connectivity index (χ0n) is 9.32. The van der Waals surface area contributed by atoms with Gasteiger partial charge in [-0.2, -0.15) is 0 Å². The van der Waals surface area contributed by atoms with Crippen molar-refractivity contribution in [1.82, 2.24) is 0 Å². The topological polar surface area (TPSA) is 18.5 Å². The molecule has 0 spiro atoms. The summed E-state index contributed by atoms with van der Waals surface area (Å²) in [6, 6.07) is 7.90. The van der Waals surface area contributed by atoms with Crippen LogP contribution in [-0.2, 0) is 15.9 Å². The minimum Gasteiger partial charge on any atom is -0.353 e. The Balaban J connectivity index is 1.71. The molecule has 2 nitrogen and oxygen atoms in total. The van der Waals surface area contributed by atoms with Gasteiger partial charge in [-0.25, -0.2) is 0 Å². The van der Waals surface area contributed by atoms with Crippen LogP contribution in [0.3, 0.4) is 0 Å². The van der Waals surface area contributed by atoms with E-state index < -0.39 is 0 Å². The lowest BCUT2D eigenvalue weighted by Crippen LogP contribution is -2.23. The molecule has 1 aliphatic rings. The molecule has 0 bridgehead atoms. The van der Waals surface area contributed by atoms with Crippen molar-refractivity contribution in [2.24, 2.45) is 0 Å². The van der Waals surface area contributed by atoms with E-state index in [0.29, 0.717) is 6.61 Å². The molecule has 88 valence electrons. The molecule has 1 heterocycles. The summed E-state index contributed by atoms with van der Waals surface area (Å²) >= 11 is 5.91. The number of benzene rings is 1. The van der Waals surface area contributed by atoms with Crippen LogP contribution in [-0.4, -0.2) is 19.5 Å². The molecule has 1 atom stereocenters. The van der Waals surface area contributed by atoms with Crippen molar-refractivity contribution in [2.75, 3.05) is 13.2 Å². The van der Waals surface area contributed by atoms with Crippen molar-refractivity contribution in [3.8, 4) is 0 Å². The van der Waals surface area contributed by atoms with Crippen LogP contribution in [0.2, 0.25) is 5.02 Å². The van der Waals surface area contributed by atoms with Crippen molar-refractivity contribution < 1.29 is 9.47 Å². The first-order valence-electron chi connectivity index (χ1n) is 5.82. The minimum absolute atomic E-state index is 0.00735. The lowest BCUT2D eigenvalue weighted by Gasteiger charge is -2.22. The van der Waals surface area contributed by atoms with Gasteiger partial charge in [-0.05, 0) is 43.4 Å². The van der Waals surface area contributed by atoms with Gasteiger partial charge in [0.05, 0.1) is 6.61 Å². The van der Waals surface area contributed by atoms with E-state index in [1.807, 2.05) is 18.2 Å². The highest BCUT2D eigenvalue weighted by Crippen LogP contribution is 2.15.